The van der Waals surface area contributed by atoms with Crippen molar-refractivity contribution >= 4 is 45.1 Å². The zero-order chi connectivity index (χ0) is 15.7. The van der Waals surface area contributed by atoms with Crippen LogP contribution in [0, 0.1) is 0 Å². The van der Waals surface area contributed by atoms with Crippen LogP contribution in [0.15, 0.2) is 51.9 Å². The van der Waals surface area contributed by atoms with Gasteiger partial charge in [-0.05, 0) is 41.8 Å². The number of guanidine groups is 1. The molecule has 1 aliphatic rings. The zero-order valence-electron chi connectivity index (χ0n) is 11.6. The van der Waals surface area contributed by atoms with Crippen molar-refractivity contribution in [2.45, 2.75) is 18.5 Å². The summed E-state index contributed by atoms with van der Waals surface area (Å²) in [5.74, 6) is 0.437. The number of nitrogens with zero attached hydrogens (tertiary/aromatic N) is 1. The highest BCUT2D eigenvalue weighted by molar-refractivity contribution is 9.10. The molecule has 0 saturated carbocycles. The summed E-state index contributed by atoms with van der Waals surface area (Å²) in [6.07, 6.45) is 0.801. The molecule has 2 aromatic carbocycles. The Kier molecular flexibility index (Phi) is 4.62. The van der Waals surface area contributed by atoms with Crippen LogP contribution in [0.4, 0.5) is 0 Å². The van der Waals surface area contributed by atoms with Gasteiger partial charge in [0.25, 0.3) is 0 Å². The van der Waals surface area contributed by atoms with E-state index in [1.54, 1.807) is 6.07 Å². The Bertz CT molecular complexity index is 733. The lowest BCUT2D eigenvalue weighted by Crippen LogP contribution is -2.39. The number of nitrogens with one attached hydrogen (secondary N) is 1. The largest absolute Gasteiger partial charge is 0.370 e. The summed E-state index contributed by atoms with van der Waals surface area (Å²) < 4.78 is 1.03. The molecule has 0 fully saturated rings. The predicted molar refractivity (Wildman–Crippen MR) is 95.5 cm³/mol. The highest BCUT2D eigenvalue weighted by Gasteiger charge is 2.25. The van der Waals surface area contributed by atoms with E-state index in [0.717, 1.165) is 22.0 Å². The third-order valence-corrected chi connectivity index (χ3v) is 4.89. The first-order valence-electron chi connectivity index (χ1n) is 6.83. The fourth-order valence-corrected chi connectivity index (χ4v) is 3.32. The second-order valence-corrected chi connectivity index (χ2v) is 6.92. The second kappa shape index (κ2) is 6.49. The molecule has 3 nitrogen and oxygen atoms in total. The lowest BCUT2D eigenvalue weighted by molar-refractivity contribution is 0.487. The Balaban J connectivity index is 1.90. The smallest absolute Gasteiger partial charge is 0.189 e. The van der Waals surface area contributed by atoms with Crippen molar-refractivity contribution in [3.63, 3.8) is 0 Å². The van der Waals surface area contributed by atoms with Gasteiger partial charge >= 0.3 is 0 Å². The van der Waals surface area contributed by atoms with E-state index >= 15 is 0 Å². The molecule has 2 unspecified atom stereocenters. The number of halogens is 3. The maximum atomic E-state index is 6.12. The molecular formula is C16H14BrCl2N3. The highest BCUT2D eigenvalue weighted by Crippen LogP contribution is 2.35. The molecule has 0 radical (unpaired) electrons. The fourth-order valence-electron chi connectivity index (χ4n) is 2.59. The first-order valence-corrected chi connectivity index (χ1v) is 8.38. The van der Waals surface area contributed by atoms with Crippen molar-refractivity contribution in [3.8, 4) is 0 Å². The zero-order valence-corrected chi connectivity index (χ0v) is 14.7. The van der Waals surface area contributed by atoms with Gasteiger partial charge in [0.2, 0.25) is 0 Å². The van der Waals surface area contributed by atoms with E-state index in [1.165, 1.54) is 0 Å². The van der Waals surface area contributed by atoms with Crippen LogP contribution < -0.4 is 11.1 Å². The lowest BCUT2D eigenvalue weighted by Gasteiger charge is -2.29. The molecule has 0 saturated heterocycles. The summed E-state index contributed by atoms with van der Waals surface area (Å²) in [7, 11) is 0. The van der Waals surface area contributed by atoms with Crippen LogP contribution in [0.2, 0.25) is 10.0 Å². The maximum Gasteiger partial charge on any atom is 0.189 e. The molecule has 2 atom stereocenters. The molecular weight excluding hydrogens is 385 g/mol. The normalized spacial score (nSPS) is 21.1. The van der Waals surface area contributed by atoms with Crippen molar-refractivity contribution < 1.29 is 0 Å². The van der Waals surface area contributed by atoms with Crippen LogP contribution in [0.25, 0.3) is 0 Å². The maximum absolute atomic E-state index is 6.12. The van der Waals surface area contributed by atoms with E-state index < -0.39 is 0 Å². The Labute approximate surface area is 147 Å². The topological polar surface area (TPSA) is 50.4 Å². The number of aliphatic imine (C=N–C) groups is 1. The van der Waals surface area contributed by atoms with E-state index in [4.69, 9.17) is 28.9 Å². The van der Waals surface area contributed by atoms with E-state index in [0.29, 0.717) is 16.0 Å². The van der Waals surface area contributed by atoms with Crippen LogP contribution >= 0.6 is 39.1 Å². The Morgan fingerprint density at radius 3 is 2.64 bits per heavy atom. The van der Waals surface area contributed by atoms with Gasteiger partial charge in [0, 0.05) is 4.47 Å². The average Bonchev–Trinajstić information content (AvgIpc) is 2.49. The molecule has 2 aromatic rings. The van der Waals surface area contributed by atoms with Crippen LogP contribution in [-0.2, 0) is 0 Å². The Hall–Kier alpha value is -1.23. The van der Waals surface area contributed by atoms with Crippen LogP contribution in [0.5, 0.6) is 0 Å². The fraction of sp³-hybridized carbons (Fsp3) is 0.188. The molecule has 3 N–H and O–H groups in total. The summed E-state index contributed by atoms with van der Waals surface area (Å²) >= 11 is 15.6. The number of hydrogen-bond donors (Lipinski definition) is 2. The summed E-state index contributed by atoms with van der Waals surface area (Å²) in [6.45, 7) is 0. The highest BCUT2D eigenvalue weighted by atomic mass is 79.9. The Morgan fingerprint density at radius 1 is 1.09 bits per heavy atom. The van der Waals surface area contributed by atoms with E-state index in [-0.39, 0.29) is 12.1 Å². The number of nitrogens with two attached hydrogens (primary N) is 1. The molecule has 0 aromatic heterocycles. The second-order valence-electron chi connectivity index (χ2n) is 5.19. The van der Waals surface area contributed by atoms with Crippen molar-refractivity contribution in [2.75, 3.05) is 0 Å². The predicted octanol–water partition coefficient (Wildman–Crippen LogP) is 4.85. The van der Waals surface area contributed by atoms with E-state index in [2.05, 4.69) is 38.4 Å². The van der Waals surface area contributed by atoms with Gasteiger partial charge < -0.3 is 11.1 Å². The van der Waals surface area contributed by atoms with Crippen molar-refractivity contribution in [2.24, 2.45) is 10.7 Å². The summed E-state index contributed by atoms with van der Waals surface area (Å²) in [5.41, 5.74) is 8.14. The minimum atomic E-state index is 0.0122. The lowest BCUT2D eigenvalue weighted by atomic mass is 9.94. The molecule has 0 amide bonds. The Morgan fingerprint density at radius 2 is 1.91 bits per heavy atom. The number of benzene rings is 2. The molecule has 1 heterocycles. The quantitative estimate of drug-likeness (QED) is 0.759. The van der Waals surface area contributed by atoms with Gasteiger partial charge in [-0.2, -0.15) is 0 Å². The van der Waals surface area contributed by atoms with Gasteiger partial charge in [0.05, 0.1) is 22.1 Å². The molecule has 0 bridgehead atoms. The summed E-state index contributed by atoms with van der Waals surface area (Å²) in [4.78, 5) is 4.51. The van der Waals surface area contributed by atoms with Gasteiger partial charge in [-0.1, -0.05) is 57.3 Å². The number of hydrogen-bond acceptors (Lipinski definition) is 3. The molecule has 114 valence electrons. The standard InChI is InChI=1S/C16H14BrCl2N3/c17-11-3-1-2-9(6-11)14-8-15(22-16(20)21-14)10-4-5-12(18)13(19)7-10/h1-7,14-15H,8H2,(H3,20,21,22). The third-order valence-electron chi connectivity index (χ3n) is 3.66. The number of rotatable bonds is 2. The van der Waals surface area contributed by atoms with E-state index in [9.17, 15) is 0 Å². The average molecular weight is 399 g/mol. The van der Waals surface area contributed by atoms with Gasteiger partial charge in [0.1, 0.15) is 0 Å². The van der Waals surface area contributed by atoms with Crippen LogP contribution in [-0.4, -0.2) is 5.96 Å². The molecule has 3 rings (SSSR count). The monoisotopic (exact) mass is 397 g/mol. The van der Waals surface area contributed by atoms with Crippen LogP contribution in [0.3, 0.4) is 0 Å². The third kappa shape index (κ3) is 3.40. The van der Waals surface area contributed by atoms with Crippen molar-refractivity contribution in [1.29, 1.82) is 0 Å². The molecule has 6 heteroatoms. The molecule has 0 aliphatic carbocycles. The SMILES string of the molecule is NC1=NC(c2cccc(Br)c2)CC(c2ccc(Cl)c(Cl)c2)N1. The first kappa shape index (κ1) is 15.7. The summed E-state index contributed by atoms with van der Waals surface area (Å²) in [5, 5.41) is 4.30. The van der Waals surface area contributed by atoms with E-state index in [1.807, 2.05) is 24.3 Å². The van der Waals surface area contributed by atoms with Gasteiger partial charge in [0.15, 0.2) is 5.96 Å². The summed E-state index contributed by atoms with van der Waals surface area (Å²) in [6, 6.07) is 13.8. The van der Waals surface area contributed by atoms with Crippen LogP contribution in [0.1, 0.15) is 29.6 Å². The van der Waals surface area contributed by atoms with Gasteiger partial charge in [-0.25, -0.2) is 4.99 Å². The molecule has 0 spiro atoms. The molecule has 22 heavy (non-hydrogen) atoms. The van der Waals surface area contributed by atoms with Gasteiger partial charge in [-0.15, -0.1) is 0 Å². The van der Waals surface area contributed by atoms with Crippen molar-refractivity contribution in [3.05, 3.63) is 68.1 Å². The molecule has 1 aliphatic heterocycles. The minimum absolute atomic E-state index is 0.0122. The minimum Gasteiger partial charge on any atom is -0.370 e. The first-order chi connectivity index (χ1) is 10.5. The van der Waals surface area contributed by atoms with Crippen molar-refractivity contribution in [1.82, 2.24) is 5.32 Å². The van der Waals surface area contributed by atoms with Gasteiger partial charge in [-0.3, -0.25) is 0 Å².